The Morgan fingerprint density at radius 3 is 2.73 bits per heavy atom. The Morgan fingerprint density at radius 2 is 1.91 bits per heavy atom. The van der Waals surface area contributed by atoms with Gasteiger partial charge in [0, 0.05) is 18.7 Å². The lowest BCUT2D eigenvalue weighted by Crippen LogP contribution is -2.30. The predicted molar refractivity (Wildman–Crippen MR) is 98.7 cm³/mol. The van der Waals surface area contributed by atoms with Gasteiger partial charge in [0.25, 0.3) is 0 Å². The summed E-state index contributed by atoms with van der Waals surface area (Å²) >= 11 is 7.08. The molecule has 3 rings (SSSR count). The normalized spacial score (nSPS) is 10.6. The van der Waals surface area contributed by atoms with Crippen molar-refractivity contribution < 1.29 is 0 Å². The topological polar surface area (TPSA) is 37.0 Å². The van der Waals surface area contributed by atoms with Crippen molar-refractivity contribution >= 4 is 44.6 Å². The Labute approximate surface area is 139 Å². The molecule has 0 unspecified atom stereocenters. The molecule has 2 N–H and O–H groups in total. The van der Waals surface area contributed by atoms with Crippen LogP contribution < -0.4 is 10.6 Å². The molecular formula is C17H17N3S2. The molecule has 0 aliphatic heterocycles. The lowest BCUT2D eigenvalue weighted by molar-refractivity contribution is 0.868. The molecule has 1 aromatic heterocycles. The molecule has 0 amide bonds. The van der Waals surface area contributed by atoms with Gasteiger partial charge in [-0.15, -0.1) is 11.3 Å². The van der Waals surface area contributed by atoms with Gasteiger partial charge in [-0.2, -0.15) is 0 Å². The minimum atomic E-state index is 0.649. The second-order valence-electron chi connectivity index (χ2n) is 5.02. The second kappa shape index (κ2) is 6.85. The van der Waals surface area contributed by atoms with Crippen molar-refractivity contribution in [1.29, 1.82) is 0 Å². The van der Waals surface area contributed by atoms with E-state index in [1.807, 2.05) is 36.4 Å². The van der Waals surface area contributed by atoms with Crippen LogP contribution in [0.5, 0.6) is 0 Å². The molecule has 0 radical (unpaired) electrons. The van der Waals surface area contributed by atoms with E-state index in [4.69, 9.17) is 12.2 Å². The Morgan fingerprint density at radius 1 is 1.14 bits per heavy atom. The highest BCUT2D eigenvalue weighted by Gasteiger charge is 2.04. The lowest BCUT2D eigenvalue weighted by atomic mass is 10.2. The van der Waals surface area contributed by atoms with Gasteiger partial charge in [0.2, 0.25) is 0 Å². The Kier molecular flexibility index (Phi) is 4.65. The maximum absolute atomic E-state index is 5.34. The Hall–Kier alpha value is -1.98. The van der Waals surface area contributed by atoms with E-state index in [1.54, 1.807) is 11.3 Å². The fraction of sp³-hybridized carbons (Fsp3) is 0.176. The van der Waals surface area contributed by atoms with Crippen molar-refractivity contribution in [2.45, 2.75) is 13.3 Å². The van der Waals surface area contributed by atoms with Gasteiger partial charge >= 0.3 is 0 Å². The third-order valence-electron chi connectivity index (χ3n) is 3.36. The number of rotatable bonds is 4. The fourth-order valence-corrected chi connectivity index (χ4v) is 3.37. The fourth-order valence-electron chi connectivity index (χ4n) is 2.19. The van der Waals surface area contributed by atoms with E-state index < -0.39 is 0 Å². The number of para-hydroxylation sites is 2. The third kappa shape index (κ3) is 3.61. The SMILES string of the molecule is Cc1ccccc1NC(=S)NCCc1nc2ccccc2s1. The number of aromatic nitrogens is 1. The zero-order valence-electron chi connectivity index (χ0n) is 12.3. The van der Waals surface area contributed by atoms with E-state index in [2.05, 4.69) is 34.7 Å². The van der Waals surface area contributed by atoms with Crippen molar-refractivity contribution in [3.8, 4) is 0 Å². The van der Waals surface area contributed by atoms with Crippen LogP contribution in [0.4, 0.5) is 5.69 Å². The van der Waals surface area contributed by atoms with Crippen molar-refractivity contribution in [3.05, 3.63) is 59.1 Å². The molecule has 0 saturated heterocycles. The monoisotopic (exact) mass is 327 g/mol. The van der Waals surface area contributed by atoms with Crippen molar-refractivity contribution in [2.75, 3.05) is 11.9 Å². The molecule has 1 heterocycles. The van der Waals surface area contributed by atoms with E-state index in [-0.39, 0.29) is 0 Å². The minimum Gasteiger partial charge on any atom is -0.362 e. The first-order chi connectivity index (χ1) is 10.7. The Balaban J connectivity index is 1.52. The number of fused-ring (bicyclic) bond motifs is 1. The molecular weight excluding hydrogens is 310 g/mol. The highest BCUT2D eigenvalue weighted by atomic mass is 32.1. The van der Waals surface area contributed by atoms with Gasteiger partial charge in [0.15, 0.2) is 5.11 Å². The van der Waals surface area contributed by atoms with Crippen molar-refractivity contribution in [3.63, 3.8) is 0 Å². The van der Waals surface area contributed by atoms with Gasteiger partial charge in [-0.25, -0.2) is 4.98 Å². The first kappa shape index (κ1) is 14.9. The molecule has 0 atom stereocenters. The summed E-state index contributed by atoms with van der Waals surface area (Å²) in [4.78, 5) is 4.62. The number of hydrogen-bond acceptors (Lipinski definition) is 3. The van der Waals surface area contributed by atoms with Crippen LogP contribution in [-0.2, 0) is 6.42 Å². The van der Waals surface area contributed by atoms with Crippen molar-refractivity contribution in [1.82, 2.24) is 10.3 Å². The van der Waals surface area contributed by atoms with E-state index in [0.717, 1.165) is 29.2 Å². The van der Waals surface area contributed by atoms with Crippen LogP contribution in [0.15, 0.2) is 48.5 Å². The highest BCUT2D eigenvalue weighted by Crippen LogP contribution is 2.21. The van der Waals surface area contributed by atoms with E-state index >= 15 is 0 Å². The number of nitrogens with zero attached hydrogens (tertiary/aromatic N) is 1. The van der Waals surface area contributed by atoms with Crippen LogP contribution in [0.2, 0.25) is 0 Å². The summed E-state index contributed by atoms with van der Waals surface area (Å²) in [6.07, 6.45) is 0.870. The second-order valence-corrected chi connectivity index (χ2v) is 6.54. The minimum absolute atomic E-state index is 0.649. The lowest BCUT2D eigenvalue weighted by Gasteiger charge is -2.11. The van der Waals surface area contributed by atoms with E-state index in [9.17, 15) is 0 Å². The van der Waals surface area contributed by atoms with Gasteiger partial charge in [-0.3, -0.25) is 0 Å². The van der Waals surface area contributed by atoms with Crippen LogP contribution in [0.3, 0.4) is 0 Å². The predicted octanol–water partition coefficient (Wildman–Crippen LogP) is 4.13. The van der Waals surface area contributed by atoms with Gasteiger partial charge in [-0.1, -0.05) is 30.3 Å². The number of thiazole rings is 1. The molecule has 3 nitrogen and oxygen atoms in total. The summed E-state index contributed by atoms with van der Waals surface area (Å²) < 4.78 is 1.23. The molecule has 0 spiro atoms. The maximum atomic E-state index is 5.34. The molecule has 2 aromatic carbocycles. The number of hydrogen-bond donors (Lipinski definition) is 2. The summed E-state index contributed by atoms with van der Waals surface area (Å²) in [6.45, 7) is 2.84. The zero-order chi connectivity index (χ0) is 15.4. The van der Waals surface area contributed by atoms with E-state index in [0.29, 0.717) is 5.11 Å². The van der Waals surface area contributed by atoms with Gasteiger partial charge < -0.3 is 10.6 Å². The van der Waals surface area contributed by atoms with E-state index in [1.165, 1.54) is 10.3 Å². The van der Waals surface area contributed by atoms with Crippen LogP contribution in [0.25, 0.3) is 10.2 Å². The number of anilines is 1. The summed E-state index contributed by atoms with van der Waals surface area (Å²) in [6, 6.07) is 16.3. The molecule has 0 bridgehead atoms. The number of thiocarbonyl (C=S) groups is 1. The summed E-state index contributed by atoms with van der Waals surface area (Å²) in [7, 11) is 0. The molecule has 3 aromatic rings. The smallest absolute Gasteiger partial charge is 0.170 e. The molecule has 112 valence electrons. The molecule has 5 heteroatoms. The summed E-state index contributed by atoms with van der Waals surface area (Å²) in [5.74, 6) is 0. The van der Waals surface area contributed by atoms with Crippen LogP contribution in [0, 0.1) is 6.92 Å². The Bertz CT molecular complexity index is 762. The first-order valence-electron chi connectivity index (χ1n) is 7.17. The average molecular weight is 327 g/mol. The zero-order valence-corrected chi connectivity index (χ0v) is 13.9. The van der Waals surface area contributed by atoms with Crippen LogP contribution >= 0.6 is 23.6 Å². The number of nitrogens with one attached hydrogen (secondary N) is 2. The van der Waals surface area contributed by atoms with Gasteiger partial charge in [0.1, 0.15) is 0 Å². The average Bonchev–Trinajstić information content (AvgIpc) is 2.92. The quantitative estimate of drug-likeness (QED) is 0.706. The maximum Gasteiger partial charge on any atom is 0.170 e. The van der Waals surface area contributed by atoms with Gasteiger partial charge in [0.05, 0.1) is 15.2 Å². The molecule has 0 aliphatic carbocycles. The molecule has 0 aliphatic rings. The van der Waals surface area contributed by atoms with Gasteiger partial charge in [-0.05, 0) is 42.9 Å². The number of aryl methyl sites for hydroxylation is 1. The standard InChI is InChI=1S/C17H17N3S2/c1-12-6-2-3-7-13(12)20-17(21)18-11-10-16-19-14-8-4-5-9-15(14)22-16/h2-9H,10-11H2,1H3,(H2,18,20,21). The molecule has 22 heavy (non-hydrogen) atoms. The highest BCUT2D eigenvalue weighted by molar-refractivity contribution is 7.80. The van der Waals surface area contributed by atoms with Crippen LogP contribution in [0.1, 0.15) is 10.6 Å². The third-order valence-corrected chi connectivity index (χ3v) is 4.70. The van der Waals surface area contributed by atoms with Crippen molar-refractivity contribution in [2.24, 2.45) is 0 Å². The van der Waals surface area contributed by atoms with Crippen LogP contribution in [-0.4, -0.2) is 16.6 Å². The number of benzene rings is 2. The molecule has 0 saturated carbocycles. The summed E-state index contributed by atoms with van der Waals surface area (Å²) in [5, 5.41) is 8.24. The largest absolute Gasteiger partial charge is 0.362 e. The summed E-state index contributed by atoms with van der Waals surface area (Å²) in [5.41, 5.74) is 3.29. The first-order valence-corrected chi connectivity index (χ1v) is 8.40. The molecule has 0 fully saturated rings.